The van der Waals surface area contributed by atoms with Crippen LogP contribution >= 0.6 is 11.6 Å². The van der Waals surface area contributed by atoms with Crippen molar-refractivity contribution in [2.45, 2.75) is 31.5 Å². The van der Waals surface area contributed by atoms with Crippen LogP contribution in [-0.2, 0) is 6.18 Å². The fourth-order valence-corrected chi connectivity index (χ4v) is 1.86. The normalized spacial score (nSPS) is 15.8. The number of urea groups is 1. The van der Waals surface area contributed by atoms with Gasteiger partial charge in [-0.25, -0.2) is 4.79 Å². The molecule has 104 valence electrons. The summed E-state index contributed by atoms with van der Waals surface area (Å²) >= 11 is 5.76. The maximum atomic E-state index is 12.5. The molecule has 19 heavy (non-hydrogen) atoms. The van der Waals surface area contributed by atoms with Crippen LogP contribution in [0.25, 0.3) is 0 Å². The van der Waals surface area contributed by atoms with Gasteiger partial charge in [0.25, 0.3) is 0 Å². The lowest BCUT2D eigenvalue weighted by Crippen LogP contribution is -2.41. The van der Waals surface area contributed by atoms with Crippen LogP contribution in [0.15, 0.2) is 18.2 Å². The SMILES string of the molecule is O=C(Nc1cc(C(F)(F)F)ccc1Cl)NC1CCC1. The monoisotopic (exact) mass is 292 g/mol. The molecule has 1 aliphatic rings. The molecule has 2 amide bonds. The van der Waals surface area contributed by atoms with E-state index in [9.17, 15) is 18.0 Å². The number of rotatable bonds is 2. The van der Waals surface area contributed by atoms with Gasteiger partial charge in [0.1, 0.15) is 0 Å². The van der Waals surface area contributed by atoms with Gasteiger partial charge in [0.15, 0.2) is 0 Å². The van der Waals surface area contributed by atoms with Gasteiger partial charge in [-0.15, -0.1) is 0 Å². The second-order valence-electron chi connectivity index (χ2n) is 4.42. The highest BCUT2D eigenvalue weighted by atomic mass is 35.5. The average molecular weight is 293 g/mol. The third kappa shape index (κ3) is 3.53. The Balaban J connectivity index is 2.07. The maximum absolute atomic E-state index is 12.5. The van der Waals surface area contributed by atoms with Crippen molar-refractivity contribution in [1.29, 1.82) is 0 Å². The third-order valence-electron chi connectivity index (χ3n) is 2.98. The number of hydrogen-bond donors (Lipinski definition) is 2. The summed E-state index contributed by atoms with van der Waals surface area (Å²) in [5, 5.41) is 5.07. The van der Waals surface area contributed by atoms with Crippen molar-refractivity contribution in [3.05, 3.63) is 28.8 Å². The van der Waals surface area contributed by atoms with E-state index in [1.165, 1.54) is 0 Å². The second-order valence-corrected chi connectivity index (χ2v) is 4.83. The predicted molar refractivity (Wildman–Crippen MR) is 66.2 cm³/mol. The van der Waals surface area contributed by atoms with E-state index in [0.717, 1.165) is 37.5 Å². The molecule has 0 unspecified atom stereocenters. The highest BCUT2D eigenvalue weighted by molar-refractivity contribution is 6.33. The first-order chi connectivity index (χ1) is 8.86. The number of amides is 2. The zero-order valence-electron chi connectivity index (χ0n) is 9.85. The van der Waals surface area contributed by atoms with Crippen LogP contribution in [0.4, 0.5) is 23.7 Å². The van der Waals surface area contributed by atoms with Gasteiger partial charge in [-0.2, -0.15) is 13.2 Å². The number of nitrogens with one attached hydrogen (secondary N) is 2. The summed E-state index contributed by atoms with van der Waals surface area (Å²) in [5.41, 5.74) is -0.899. The zero-order chi connectivity index (χ0) is 14.0. The Hall–Kier alpha value is -1.43. The van der Waals surface area contributed by atoms with Gasteiger partial charge < -0.3 is 10.6 Å². The first-order valence-electron chi connectivity index (χ1n) is 5.80. The van der Waals surface area contributed by atoms with E-state index in [-0.39, 0.29) is 16.8 Å². The number of alkyl halides is 3. The number of carbonyl (C=O) groups is 1. The maximum Gasteiger partial charge on any atom is 0.416 e. The highest BCUT2D eigenvalue weighted by Gasteiger charge is 2.31. The number of benzene rings is 1. The minimum absolute atomic E-state index is 0.0479. The third-order valence-corrected chi connectivity index (χ3v) is 3.31. The standard InChI is InChI=1S/C12H12ClF3N2O/c13-9-5-4-7(12(14,15)16)6-10(9)18-11(19)17-8-2-1-3-8/h4-6,8H,1-3H2,(H2,17,18,19). The number of carbonyl (C=O) groups excluding carboxylic acids is 1. The van der Waals surface area contributed by atoms with Gasteiger partial charge >= 0.3 is 12.2 Å². The molecule has 0 aromatic heterocycles. The fraction of sp³-hybridized carbons (Fsp3) is 0.417. The quantitative estimate of drug-likeness (QED) is 0.849. The molecule has 0 heterocycles. The second kappa shape index (κ2) is 5.28. The largest absolute Gasteiger partial charge is 0.416 e. The van der Waals surface area contributed by atoms with Gasteiger partial charge in [-0.3, -0.25) is 0 Å². The number of anilines is 1. The molecule has 0 aliphatic heterocycles. The van der Waals surface area contributed by atoms with E-state index in [0.29, 0.717) is 0 Å². The Bertz CT molecular complexity index is 486. The molecule has 0 saturated heterocycles. The molecule has 2 N–H and O–H groups in total. The average Bonchev–Trinajstić information content (AvgIpc) is 2.25. The van der Waals surface area contributed by atoms with Crippen LogP contribution in [-0.4, -0.2) is 12.1 Å². The Kier molecular flexibility index (Phi) is 3.89. The molecule has 2 rings (SSSR count). The topological polar surface area (TPSA) is 41.1 Å². The van der Waals surface area contributed by atoms with Gasteiger partial charge in [0, 0.05) is 6.04 Å². The lowest BCUT2D eigenvalue weighted by atomic mass is 9.93. The van der Waals surface area contributed by atoms with Crippen molar-refractivity contribution in [2.24, 2.45) is 0 Å². The zero-order valence-corrected chi connectivity index (χ0v) is 10.6. The molecule has 7 heteroatoms. The lowest BCUT2D eigenvalue weighted by Gasteiger charge is -2.26. The van der Waals surface area contributed by atoms with Crippen molar-refractivity contribution in [3.8, 4) is 0 Å². The number of hydrogen-bond acceptors (Lipinski definition) is 1. The first-order valence-corrected chi connectivity index (χ1v) is 6.18. The van der Waals surface area contributed by atoms with Crippen LogP contribution in [0, 0.1) is 0 Å². The van der Waals surface area contributed by atoms with Crippen molar-refractivity contribution < 1.29 is 18.0 Å². The van der Waals surface area contributed by atoms with E-state index in [1.807, 2.05) is 0 Å². The molecule has 1 saturated carbocycles. The Morgan fingerprint density at radius 3 is 2.53 bits per heavy atom. The molecule has 1 aromatic carbocycles. The van der Waals surface area contributed by atoms with Crippen molar-refractivity contribution in [2.75, 3.05) is 5.32 Å². The van der Waals surface area contributed by atoms with Gasteiger partial charge in [-0.1, -0.05) is 11.6 Å². The molecule has 0 atom stereocenters. The summed E-state index contributed by atoms with van der Waals surface area (Å²) in [6.07, 6.45) is -1.63. The molecule has 1 aliphatic carbocycles. The highest BCUT2D eigenvalue weighted by Crippen LogP contribution is 2.33. The van der Waals surface area contributed by atoms with E-state index >= 15 is 0 Å². The van der Waals surface area contributed by atoms with Crippen molar-refractivity contribution in [3.63, 3.8) is 0 Å². The van der Waals surface area contributed by atoms with Gasteiger partial charge in [0.2, 0.25) is 0 Å². The summed E-state index contributed by atoms with van der Waals surface area (Å²) in [6.45, 7) is 0. The van der Waals surface area contributed by atoms with Crippen LogP contribution in [0.1, 0.15) is 24.8 Å². The van der Waals surface area contributed by atoms with Crippen molar-refractivity contribution >= 4 is 23.3 Å². The van der Waals surface area contributed by atoms with Crippen LogP contribution in [0.2, 0.25) is 5.02 Å². The van der Waals surface area contributed by atoms with Gasteiger partial charge in [0.05, 0.1) is 16.3 Å². The lowest BCUT2D eigenvalue weighted by molar-refractivity contribution is -0.137. The summed E-state index contributed by atoms with van der Waals surface area (Å²) in [7, 11) is 0. The number of halogens is 4. The first kappa shape index (κ1) is 14.0. The van der Waals surface area contributed by atoms with E-state index < -0.39 is 17.8 Å². The Labute approximate surface area is 113 Å². The molecular formula is C12H12ClF3N2O. The van der Waals surface area contributed by atoms with E-state index in [1.54, 1.807) is 0 Å². The smallest absolute Gasteiger partial charge is 0.335 e. The Morgan fingerprint density at radius 2 is 2.00 bits per heavy atom. The molecule has 1 fully saturated rings. The van der Waals surface area contributed by atoms with Gasteiger partial charge in [-0.05, 0) is 37.5 Å². The fourth-order valence-electron chi connectivity index (χ4n) is 1.69. The summed E-state index contributed by atoms with van der Waals surface area (Å²) in [5.74, 6) is 0. The molecule has 1 aromatic rings. The summed E-state index contributed by atoms with van der Waals surface area (Å²) < 4.78 is 37.6. The van der Waals surface area contributed by atoms with Crippen LogP contribution in [0.5, 0.6) is 0 Å². The summed E-state index contributed by atoms with van der Waals surface area (Å²) in [4.78, 5) is 11.6. The molecule has 3 nitrogen and oxygen atoms in total. The van der Waals surface area contributed by atoms with E-state index in [2.05, 4.69) is 10.6 Å². The van der Waals surface area contributed by atoms with Crippen LogP contribution < -0.4 is 10.6 Å². The van der Waals surface area contributed by atoms with Crippen LogP contribution in [0.3, 0.4) is 0 Å². The predicted octanol–water partition coefficient (Wildman–Crippen LogP) is 4.03. The molecular weight excluding hydrogens is 281 g/mol. The minimum atomic E-state index is -4.47. The summed E-state index contributed by atoms with van der Waals surface area (Å²) in [6, 6.07) is 2.37. The molecule has 0 radical (unpaired) electrons. The minimum Gasteiger partial charge on any atom is -0.335 e. The van der Waals surface area contributed by atoms with Crippen molar-refractivity contribution in [1.82, 2.24) is 5.32 Å². The molecule has 0 bridgehead atoms. The van der Waals surface area contributed by atoms with E-state index in [4.69, 9.17) is 11.6 Å². The Morgan fingerprint density at radius 1 is 1.32 bits per heavy atom. The molecule has 0 spiro atoms.